The molecule has 1 aliphatic carbocycles. The van der Waals surface area contributed by atoms with E-state index in [1.54, 1.807) is 24.7 Å². The minimum atomic E-state index is -2.88. The number of hydrazone groups is 1. The molecule has 5 aromatic rings. The second-order valence-electron chi connectivity index (χ2n) is 18.0. The van der Waals surface area contributed by atoms with Gasteiger partial charge in [0.1, 0.15) is 23.6 Å². The third kappa shape index (κ3) is 11.1. The lowest BCUT2D eigenvalue weighted by Crippen LogP contribution is -2.37. The summed E-state index contributed by atoms with van der Waals surface area (Å²) in [5.41, 5.74) is 3.02. The number of aryl methyl sites for hydroxylation is 1. The van der Waals surface area contributed by atoms with Crippen molar-refractivity contribution >= 4 is 46.9 Å². The molecule has 3 aliphatic heterocycles. The van der Waals surface area contributed by atoms with E-state index < -0.39 is 36.1 Å². The number of morpholine rings is 1. The number of ether oxygens (including phenoxy) is 1. The lowest BCUT2D eigenvalue weighted by atomic mass is 9.82. The van der Waals surface area contributed by atoms with Crippen LogP contribution in [0.4, 0.5) is 20.3 Å². The molecular formula is C49H54F2N11O6+. The Morgan fingerprint density at radius 2 is 1.82 bits per heavy atom. The van der Waals surface area contributed by atoms with Gasteiger partial charge in [-0.2, -0.15) is 5.10 Å². The van der Waals surface area contributed by atoms with Crippen LogP contribution in [0.25, 0.3) is 16.8 Å². The zero-order valence-corrected chi connectivity index (χ0v) is 37.5. The van der Waals surface area contributed by atoms with E-state index in [1.165, 1.54) is 39.9 Å². The third-order valence-corrected chi connectivity index (χ3v) is 13.1. The van der Waals surface area contributed by atoms with Gasteiger partial charge in [0.2, 0.25) is 11.9 Å². The molecule has 17 nitrogen and oxygen atoms in total. The van der Waals surface area contributed by atoms with E-state index in [0.29, 0.717) is 29.4 Å². The van der Waals surface area contributed by atoms with Gasteiger partial charge in [-0.1, -0.05) is 29.7 Å². The van der Waals surface area contributed by atoms with E-state index >= 15 is 0 Å². The van der Waals surface area contributed by atoms with Crippen molar-refractivity contribution in [3.8, 4) is 11.1 Å². The summed E-state index contributed by atoms with van der Waals surface area (Å²) in [6, 6.07) is 14.3. The molecule has 2 atom stereocenters. The highest BCUT2D eigenvalue weighted by Gasteiger charge is 2.40. The standard InChI is InChI=1S/C49H53F2N11O6/c50-46(51)45-41(56-49(67)40-24-54-62-17-14-42(57-47(40)62)61-27-39-21-38(61)30-68-39)28-60(58-45)25-32-10-8-31(9-11-32)22-52-15-4-2-1-3-6-33-18-35(34-7-5-16-53-23-34)20-36(19-33)48(66)55-37-12-13-43(63)59(26-37)29-44(64)65/h5,7,12-14,16-20,23-26,28,31-32,38-39,46,52H,1-4,6,8-11,15,21-22,27,29-30H2,(H2-,55,56,64,65,66,67)/p+1/b60-25-/t31?,32?,38-,39-/m1/s1. The summed E-state index contributed by atoms with van der Waals surface area (Å²) in [5, 5.41) is 26.7. The fourth-order valence-electron chi connectivity index (χ4n) is 9.53. The van der Waals surface area contributed by atoms with Crippen LogP contribution in [0.1, 0.15) is 84.1 Å². The minimum Gasteiger partial charge on any atom is -0.480 e. The Balaban J connectivity index is 0.710. The number of carboxylic acids is 1. The quantitative estimate of drug-likeness (QED) is 0.0580. The zero-order chi connectivity index (χ0) is 47.1. The highest BCUT2D eigenvalue weighted by molar-refractivity contribution is 6.09. The van der Waals surface area contributed by atoms with Crippen molar-refractivity contribution in [3.63, 3.8) is 0 Å². The number of benzene rings is 1. The van der Waals surface area contributed by atoms with Crippen molar-refractivity contribution in [2.75, 3.05) is 36.5 Å². The van der Waals surface area contributed by atoms with Crippen LogP contribution in [0.3, 0.4) is 0 Å². The number of rotatable bonds is 19. The van der Waals surface area contributed by atoms with E-state index in [0.717, 1.165) is 111 Å². The molecule has 0 radical (unpaired) electrons. The second-order valence-corrected chi connectivity index (χ2v) is 18.0. The Morgan fingerprint density at radius 1 is 0.971 bits per heavy atom. The van der Waals surface area contributed by atoms with Crippen molar-refractivity contribution in [3.05, 3.63) is 118 Å². The number of unbranched alkanes of at least 4 members (excludes halogenated alkanes) is 3. The van der Waals surface area contributed by atoms with Crippen LogP contribution in [0.5, 0.6) is 0 Å². The summed E-state index contributed by atoms with van der Waals surface area (Å²) < 4.78 is 38.1. The predicted molar refractivity (Wildman–Crippen MR) is 250 cm³/mol. The van der Waals surface area contributed by atoms with Gasteiger partial charge in [-0.25, -0.2) is 18.3 Å². The topological polar surface area (TPSA) is 200 Å². The van der Waals surface area contributed by atoms with E-state index in [2.05, 4.69) is 42.1 Å². The number of carbonyl (C=O) groups is 3. The summed E-state index contributed by atoms with van der Waals surface area (Å²) in [7, 11) is 0. The highest BCUT2D eigenvalue weighted by Crippen LogP contribution is 2.32. The SMILES string of the molecule is O=C(O)Cn1cc(NC(=O)c2cc(CCCCCCNCC3CCC(/C=[N+]4/C=C(NC(=O)c5cnn6ccc(N7C[C@H]8C[C@@H]7CO8)nc56)C(C(F)F)=N4)CC3)cc(-c3cccnc3)c2)ccc1=O. The average Bonchev–Trinajstić information content (AvgIpc) is 4.16. The molecule has 4 aromatic heterocycles. The molecule has 2 saturated heterocycles. The predicted octanol–water partition coefficient (Wildman–Crippen LogP) is 5.76. The molecule has 2 bridgehead atoms. The molecule has 4 aliphatic rings. The summed E-state index contributed by atoms with van der Waals surface area (Å²) in [5.74, 6) is -0.713. The minimum absolute atomic E-state index is 0.0468. The van der Waals surface area contributed by atoms with Gasteiger partial charge >= 0.3 is 5.97 Å². The maximum absolute atomic E-state index is 14.2. The summed E-state index contributed by atoms with van der Waals surface area (Å²) in [6.45, 7) is 2.68. The Bertz CT molecular complexity index is 2820. The number of hydrogen-bond donors (Lipinski definition) is 4. The number of carbonyl (C=O) groups excluding carboxylic acids is 2. The second kappa shape index (κ2) is 20.9. The van der Waals surface area contributed by atoms with Crippen molar-refractivity contribution < 1.29 is 37.7 Å². The molecule has 19 heteroatoms. The van der Waals surface area contributed by atoms with Gasteiger partial charge in [-0.3, -0.25) is 24.2 Å². The summed E-state index contributed by atoms with van der Waals surface area (Å²) >= 11 is 0. The molecule has 1 saturated carbocycles. The fourth-order valence-corrected chi connectivity index (χ4v) is 9.53. The number of nitrogens with zero attached hydrogens (tertiary/aromatic N) is 8. The van der Waals surface area contributed by atoms with Gasteiger partial charge in [-0.05, 0) is 112 Å². The van der Waals surface area contributed by atoms with Crippen LogP contribution in [0.2, 0.25) is 0 Å². The molecule has 68 heavy (non-hydrogen) atoms. The monoisotopic (exact) mass is 930 g/mol. The Kier molecular flexibility index (Phi) is 14.2. The van der Waals surface area contributed by atoms with Gasteiger partial charge in [0.25, 0.3) is 23.8 Å². The zero-order valence-electron chi connectivity index (χ0n) is 37.5. The number of allylic oxidation sites excluding steroid dienone is 1. The normalized spacial score (nSPS) is 20.6. The lowest BCUT2D eigenvalue weighted by Gasteiger charge is -2.27. The van der Waals surface area contributed by atoms with Crippen LogP contribution in [0.15, 0.2) is 101 Å². The largest absolute Gasteiger partial charge is 0.480 e. The third-order valence-electron chi connectivity index (χ3n) is 13.1. The number of aromatic nitrogens is 5. The number of hydrogen-bond acceptors (Lipinski definition) is 11. The first-order valence-electron chi connectivity index (χ1n) is 23.3. The van der Waals surface area contributed by atoms with E-state index in [4.69, 9.17) is 14.8 Å². The number of alkyl halides is 2. The van der Waals surface area contributed by atoms with Crippen LogP contribution in [-0.2, 0) is 22.5 Å². The molecule has 354 valence electrons. The Hall–Kier alpha value is -6.99. The molecule has 1 aromatic carbocycles. The number of fused-ring (bicyclic) bond motifs is 3. The number of carboxylic acid groups (broad SMARTS) is 1. The molecule has 3 fully saturated rings. The Labute approximate surface area is 390 Å². The summed E-state index contributed by atoms with van der Waals surface area (Å²) in [4.78, 5) is 61.4. The first kappa shape index (κ1) is 46.1. The summed E-state index contributed by atoms with van der Waals surface area (Å²) in [6.07, 6.45) is 18.1. The fraction of sp³-hybridized carbons (Fsp3) is 0.408. The first-order valence-corrected chi connectivity index (χ1v) is 23.3. The van der Waals surface area contributed by atoms with Gasteiger partial charge in [0, 0.05) is 59.5 Å². The molecule has 2 amide bonds. The van der Waals surface area contributed by atoms with Crippen molar-refractivity contribution in [2.45, 2.75) is 89.3 Å². The van der Waals surface area contributed by atoms with E-state index in [1.807, 2.05) is 30.5 Å². The number of aliphatic carboxylic acids is 1. The van der Waals surface area contributed by atoms with Gasteiger partial charge < -0.3 is 35.3 Å². The number of halogens is 2. The molecule has 0 unspecified atom stereocenters. The smallest absolute Gasteiger partial charge is 0.323 e. The molecule has 9 rings (SSSR count). The van der Waals surface area contributed by atoms with E-state index in [9.17, 15) is 28.0 Å². The number of pyridine rings is 2. The molecule has 0 spiro atoms. The van der Waals surface area contributed by atoms with Crippen molar-refractivity contribution in [1.82, 2.24) is 34.8 Å². The number of nitrogens with one attached hydrogen (secondary N) is 3. The first-order chi connectivity index (χ1) is 33.0. The van der Waals surface area contributed by atoms with Crippen LogP contribution >= 0.6 is 0 Å². The maximum Gasteiger partial charge on any atom is 0.323 e. The molecule has 7 heterocycles. The van der Waals surface area contributed by atoms with Crippen LogP contribution in [0, 0.1) is 11.8 Å². The lowest BCUT2D eigenvalue weighted by molar-refractivity contribution is -0.456. The maximum atomic E-state index is 14.2. The van der Waals surface area contributed by atoms with Gasteiger partial charge in [0.15, 0.2) is 11.9 Å². The average molecular weight is 931 g/mol. The van der Waals surface area contributed by atoms with E-state index in [-0.39, 0.29) is 35.2 Å². The molecule has 4 N–H and O–H groups in total. The highest BCUT2D eigenvalue weighted by atomic mass is 19.3. The van der Waals surface area contributed by atoms with Crippen molar-refractivity contribution in [1.29, 1.82) is 0 Å². The molecular weight excluding hydrogens is 877 g/mol. The van der Waals surface area contributed by atoms with Crippen LogP contribution in [-0.4, -0.2) is 108 Å². The van der Waals surface area contributed by atoms with Crippen LogP contribution < -0.4 is 26.4 Å². The number of amides is 2. The Morgan fingerprint density at radius 3 is 2.59 bits per heavy atom. The van der Waals surface area contributed by atoms with Gasteiger partial charge in [-0.15, -0.1) is 0 Å². The van der Waals surface area contributed by atoms with Crippen molar-refractivity contribution in [2.24, 2.45) is 16.9 Å². The van der Waals surface area contributed by atoms with Gasteiger partial charge in [0.05, 0.1) is 30.6 Å². The number of anilines is 2.